The first-order valence-electron chi connectivity index (χ1n) is 8.76. The third kappa shape index (κ3) is 1.83. The van der Waals surface area contributed by atoms with Gasteiger partial charge in [0, 0.05) is 21.8 Å². The lowest BCUT2D eigenvalue weighted by Crippen LogP contribution is -2.50. The molecule has 136 valence electrons. The minimum Gasteiger partial charge on any atom is -0.350 e. The molecule has 3 heterocycles. The van der Waals surface area contributed by atoms with E-state index in [9.17, 15) is 4.79 Å². The second-order valence-corrected chi connectivity index (χ2v) is 7.75. The molecule has 7 heteroatoms. The van der Waals surface area contributed by atoms with Gasteiger partial charge in [0.1, 0.15) is 5.82 Å². The average Bonchev–Trinajstić information content (AvgIpc) is 3.20. The summed E-state index contributed by atoms with van der Waals surface area (Å²) < 4.78 is 1.94. The molecule has 1 atom stereocenters. The fourth-order valence-corrected chi connectivity index (χ4v) is 4.78. The Bertz CT molecular complexity index is 1330. The van der Waals surface area contributed by atoms with Gasteiger partial charge in [0.2, 0.25) is 5.66 Å². The van der Waals surface area contributed by atoms with Crippen molar-refractivity contribution < 1.29 is 4.79 Å². The van der Waals surface area contributed by atoms with Gasteiger partial charge in [0.25, 0.3) is 5.91 Å². The highest BCUT2D eigenvalue weighted by Crippen LogP contribution is 2.50. The van der Waals surface area contributed by atoms with Crippen molar-refractivity contribution in [2.75, 3.05) is 10.6 Å². The molecular formula is C21H12Cl2N4O. The zero-order valence-corrected chi connectivity index (χ0v) is 15.8. The average molecular weight is 407 g/mol. The van der Waals surface area contributed by atoms with Crippen LogP contribution in [0.4, 0.5) is 11.4 Å². The second-order valence-electron chi connectivity index (χ2n) is 6.90. The van der Waals surface area contributed by atoms with Gasteiger partial charge in [-0.2, -0.15) is 0 Å². The maximum absolute atomic E-state index is 13.5. The van der Waals surface area contributed by atoms with Crippen LogP contribution in [0.1, 0.15) is 5.56 Å². The fraction of sp³-hybridized carbons (Fsp3) is 0.0476. The smallest absolute Gasteiger partial charge is 0.276 e. The van der Waals surface area contributed by atoms with Gasteiger partial charge in [-0.05, 0) is 36.4 Å². The van der Waals surface area contributed by atoms with E-state index in [0.717, 1.165) is 28.1 Å². The summed E-state index contributed by atoms with van der Waals surface area (Å²) in [6.45, 7) is 0. The number of para-hydroxylation sites is 3. The molecular weight excluding hydrogens is 395 g/mol. The van der Waals surface area contributed by atoms with E-state index < -0.39 is 5.66 Å². The van der Waals surface area contributed by atoms with Gasteiger partial charge in [-0.25, -0.2) is 4.98 Å². The van der Waals surface area contributed by atoms with Crippen molar-refractivity contribution in [2.45, 2.75) is 5.66 Å². The van der Waals surface area contributed by atoms with E-state index in [1.165, 1.54) is 0 Å². The number of hydrogen-bond donors (Lipinski definition) is 2. The molecule has 0 saturated carbocycles. The molecule has 0 radical (unpaired) electrons. The molecule has 0 fully saturated rings. The van der Waals surface area contributed by atoms with Crippen LogP contribution in [-0.4, -0.2) is 15.5 Å². The van der Waals surface area contributed by atoms with E-state index in [1.807, 2.05) is 53.1 Å². The van der Waals surface area contributed by atoms with Crippen molar-refractivity contribution >= 4 is 51.5 Å². The maximum Gasteiger partial charge on any atom is 0.276 e. The Balaban J connectivity index is 1.80. The third-order valence-electron chi connectivity index (χ3n) is 5.39. The van der Waals surface area contributed by atoms with Crippen molar-refractivity contribution in [1.29, 1.82) is 0 Å². The Labute approximate surface area is 169 Å². The largest absolute Gasteiger partial charge is 0.350 e. The topological polar surface area (TPSA) is 59.0 Å². The van der Waals surface area contributed by atoms with Crippen LogP contribution >= 0.6 is 23.2 Å². The molecule has 1 aromatic heterocycles. The van der Waals surface area contributed by atoms with Crippen LogP contribution < -0.4 is 10.6 Å². The van der Waals surface area contributed by atoms with Crippen molar-refractivity contribution in [1.82, 2.24) is 9.55 Å². The second kappa shape index (κ2) is 5.28. The molecule has 2 aliphatic heterocycles. The monoisotopic (exact) mass is 406 g/mol. The number of fused-ring (bicyclic) bond motifs is 8. The fourth-order valence-electron chi connectivity index (χ4n) is 4.24. The summed E-state index contributed by atoms with van der Waals surface area (Å²) in [7, 11) is 0. The minimum atomic E-state index is -1.23. The van der Waals surface area contributed by atoms with Crippen LogP contribution in [0.15, 0.2) is 60.7 Å². The van der Waals surface area contributed by atoms with Crippen molar-refractivity contribution in [3.05, 3.63) is 76.3 Å². The zero-order valence-electron chi connectivity index (χ0n) is 14.3. The summed E-state index contributed by atoms with van der Waals surface area (Å²) in [6, 6.07) is 19.0. The predicted octanol–water partition coefficient (Wildman–Crippen LogP) is 5.09. The molecule has 5 nitrogen and oxygen atoms in total. The third-order valence-corrected chi connectivity index (χ3v) is 5.91. The summed E-state index contributed by atoms with van der Waals surface area (Å²) in [5.41, 5.74) is 3.41. The highest BCUT2D eigenvalue weighted by atomic mass is 35.5. The first-order valence-corrected chi connectivity index (χ1v) is 9.52. The van der Waals surface area contributed by atoms with Crippen molar-refractivity contribution in [3.63, 3.8) is 0 Å². The molecule has 0 unspecified atom stereocenters. The van der Waals surface area contributed by atoms with Gasteiger partial charge in [0.05, 0.1) is 21.7 Å². The zero-order chi connectivity index (χ0) is 19.0. The van der Waals surface area contributed by atoms with Crippen molar-refractivity contribution in [2.24, 2.45) is 0 Å². The number of halogens is 2. The summed E-state index contributed by atoms with van der Waals surface area (Å²) >= 11 is 12.7. The molecule has 4 aromatic rings. The van der Waals surface area contributed by atoms with Crippen LogP contribution in [0.25, 0.3) is 22.4 Å². The number of nitrogens with one attached hydrogen (secondary N) is 2. The number of aromatic nitrogens is 2. The van der Waals surface area contributed by atoms with Crippen LogP contribution in [0.5, 0.6) is 0 Å². The Morgan fingerprint density at radius 2 is 1.79 bits per heavy atom. The van der Waals surface area contributed by atoms with Gasteiger partial charge in [-0.15, -0.1) is 0 Å². The number of carbonyl (C=O) groups is 1. The Morgan fingerprint density at radius 3 is 2.68 bits per heavy atom. The first kappa shape index (κ1) is 16.0. The molecule has 2 aliphatic rings. The van der Waals surface area contributed by atoms with E-state index >= 15 is 0 Å². The minimum absolute atomic E-state index is 0.231. The lowest BCUT2D eigenvalue weighted by atomic mass is 9.95. The lowest BCUT2D eigenvalue weighted by molar-refractivity contribution is -0.120. The van der Waals surface area contributed by atoms with E-state index in [0.29, 0.717) is 21.3 Å². The van der Waals surface area contributed by atoms with E-state index in [-0.39, 0.29) is 5.91 Å². The molecule has 0 aliphatic carbocycles. The van der Waals surface area contributed by atoms with E-state index in [4.69, 9.17) is 28.2 Å². The molecule has 28 heavy (non-hydrogen) atoms. The van der Waals surface area contributed by atoms with Crippen molar-refractivity contribution in [3.8, 4) is 11.4 Å². The van der Waals surface area contributed by atoms with E-state index in [1.54, 1.807) is 12.1 Å². The highest BCUT2D eigenvalue weighted by molar-refractivity contribution is 6.38. The molecule has 0 bridgehead atoms. The van der Waals surface area contributed by atoms with Gasteiger partial charge in [0.15, 0.2) is 0 Å². The number of imidazole rings is 1. The number of carbonyl (C=O) groups excluding carboxylic acids is 1. The Morgan fingerprint density at radius 1 is 1.00 bits per heavy atom. The van der Waals surface area contributed by atoms with Gasteiger partial charge in [-0.3, -0.25) is 9.36 Å². The first-order chi connectivity index (χ1) is 13.6. The summed E-state index contributed by atoms with van der Waals surface area (Å²) in [5.74, 6) is 0.486. The van der Waals surface area contributed by atoms with Crippen LogP contribution in [0, 0.1) is 0 Å². The van der Waals surface area contributed by atoms with Gasteiger partial charge >= 0.3 is 0 Å². The number of nitrogens with zero attached hydrogens (tertiary/aromatic N) is 2. The normalized spacial score (nSPS) is 19.1. The van der Waals surface area contributed by atoms with E-state index in [2.05, 4.69) is 10.6 Å². The number of amides is 1. The Hall–Kier alpha value is -3.02. The Kier molecular flexibility index (Phi) is 3.01. The summed E-state index contributed by atoms with van der Waals surface area (Å²) in [5, 5.41) is 7.27. The van der Waals surface area contributed by atoms with Crippen LogP contribution in [-0.2, 0) is 10.5 Å². The molecule has 6 rings (SSSR count). The number of anilines is 2. The van der Waals surface area contributed by atoms with Crippen LogP contribution in [0.3, 0.4) is 0 Å². The molecule has 2 N–H and O–H groups in total. The highest BCUT2D eigenvalue weighted by Gasteiger charge is 2.53. The van der Waals surface area contributed by atoms with Gasteiger partial charge in [-0.1, -0.05) is 47.5 Å². The standard InChI is InChI=1S/C21H12Cl2N4O/c22-11-9-13-18(14(23)10-11)25-20(28)21(13)26-15-6-2-1-5-12(15)19-24-16-7-3-4-8-17(16)27(19)21/h1-10,26H,(H,25,28)/t21-/m1/s1. The molecule has 3 aromatic carbocycles. The lowest BCUT2D eigenvalue weighted by Gasteiger charge is -2.37. The maximum atomic E-state index is 13.5. The molecule has 1 spiro atoms. The van der Waals surface area contributed by atoms with Crippen LogP contribution in [0.2, 0.25) is 10.0 Å². The quantitative estimate of drug-likeness (QED) is 0.427. The predicted molar refractivity (Wildman–Crippen MR) is 111 cm³/mol. The molecule has 0 saturated heterocycles. The summed E-state index contributed by atoms with van der Waals surface area (Å²) in [6.07, 6.45) is 0. The summed E-state index contributed by atoms with van der Waals surface area (Å²) in [4.78, 5) is 18.3. The SMILES string of the molecule is O=C1Nc2c(Cl)cc(Cl)cc2[C@]12Nc1ccccc1-c1nc3ccccc3n12. The number of rotatable bonds is 0. The number of hydrogen-bond acceptors (Lipinski definition) is 3. The molecule has 1 amide bonds. The van der Waals surface area contributed by atoms with Gasteiger partial charge < -0.3 is 10.6 Å². The number of benzene rings is 3.